The number of nitrogens with zero attached hydrogens (tertiary/aromatic N) is 3. The van der Waals surface area contributed by atoms with Crippen LogP contribution in [0.15, 0.2) is 54.7 Å². The molecule has 0 saturated carbocycles. The summed E-state index contributed by atoms with van der Waals surface area (Å²) in [6, 6.07) is 15.9. The molecule has 2 aromatic carbocycles. The summed E-state index contributed by atoms with van der Waals surface area (Å²) in [5.74, 6) is -0.0182. The van der Waals surface area contributed by atoms with Gasteiger partial charge in [0.2, 0.25) is 5.91 Å². The van der Waals surface area contributed by atoms with E-state index in [0.717, 1.165) is 0 Å². The quantitative estimate of drug-likeness (QED) is 0.596. The molecule has 29 heavy (non-hydrogen) atoms. The van der Waals surface area contributed by atoms with E-state index < -0.39 is 5.91 Å². The maximum atomic E-state index is 12.5. The molecular formula is C21H17ClN4O3. The van der Waals surface area contributed by atoms with Crippen molar-refractivity contribution in [1.29, 1.82) is 5.26 Å². The number of anilines is 1. The average Bonchev–Trinajstić information content (AvgIpc) is 3.15. The molecule has 0 unspecified atom stereocenters. The number of ether oxygens (including phenoxy) is 1. The van der Waals surface area contributed by atoms with Gasteiger partial charge in [-0.05, 0) is 30.3 Å². The monoisotopic (exact) mass is 408 g/mol. The number of amides is 1. The number of nitrogens with one attached hydrogen (secondary N) is 1. The van der Waals surface area contributed by atoms with Crippen LogP contribution in [0.5, 0.6) is 5.75 Å². The number of para-hydroxylation sites is 1. The van der Waals surface area contributed by atoms with E-state index in [4.69, 9.17) is 16.3 Å². The van der Waals surface area contributed by atoms with Crippen molar-refractivity contribution in [2.75, 3.05) is 12.4 Å². The number of nitriles is 1. The van der Waals surface area contributed by atoms with Crippen molar-refractivity contribution in [3.63, 3.8) is 0 Å². The van der Waals surface area contributed by atoms with E-state index in [2.05, 4.69) is 10.4 Å². The highest BCUT2D eigenvalue weighted by molar-refractivity contribution is 6.31. The largest absolute Gasteiger partial charge is 0.496 e. The molecule has 0 aliphatic rings. The number of carbonyl (C=O) groups is 2. The predicted octanol–water partition coefficient (Wildman–Crippen LogP) is 4.01. The van der Waals surface area contributed by atoms with Gasteiger partial charge < -0.3 is 10.1 Å². The molecule has 8 heteroatoms. The number of carbonyl (C=O) groups excluding carboxylic acids is 2. The van der Waals surface area contributed by atoms with Gasteiger partial charge in [-0.15, -0.1) is 0 Å². The second-order valence-corrected chi connectivity index (χ2v) is 6.52. The number of methoxy groups -OCH3 is 1. The van der Waals surface area contributed by atoms with Gasteiger partial charge in [0.05, 0.1) is 24.6 Å². The van der Waals surface area contributed by atoms with Crippen LogP contribution >= 0.6 is 11.6 Å². The van der Waals surface area contributed by atoms with Gasteiger partial charge in [0.1, 0.15) is 17.4 Å². The first-order valence-corrected chi connectivity index (χ1v) is 9.11. The Morgan fingerprint density at radius 1 is 1.21 bits per heavy atom. The van der Waals surface area contributed by atoms with Crippen LogP contribution in [0.4, 0.5) is 5.82 Å². The fraction of sp³-hybridized carbons (Fsp3) is 0.143. The van der Waals surface area contributed by atoms with E-state index >= 15 is 0 Å². The van der Waals surface area contributed by atoms with Crippen LogP contribution in [-0.4, -0.2) is 28.6 Å². The number of halogens is 1. The van der Waals surface area contributed by atoms with E-state index in [1.165, 1.54) is 24.1 Å². The highest BCUT2D eigenvalue weighted by Crippen LogP contribution is 2.25. The molecule has 0 aliphatic carbocycles. The third-order valence-electron chi connectivity index (χ3n) is 4.19. The molecule has 1 aromatic heterocycles. The van der Waals surface area contributed by atoms with Crippen molar-refractivity contribution in [2.24, 2.45) is 0 Å². The first-order valence-electron chi connectivity index (χ1n) is 8.73. The van der Waals surface area contributed by atoms with E-state index in [1.807, 2.05) is 24.3 Å². The number of ketones is 1. The molecule has 0 aliphatic heterocycles. The first kappa shape index (κ1) is 20.1. The van der Waals surface area contributed by atoms with Gasteiger partial charge in [-0.1, -0.05) is 29.8 Å². The Kier molecular flexibility index (Phi) is 6.27. The van der Waals surface area contributed by atoms with Crippen molar-refractivity contribution < 1.29 is 14.3 Å². The van der Waals surface area contributed by atoms with Crippen LogP contribution in [0, 0.1) is 11.3 Å². The second kappa shape index (κ2) is 9.04. The molecular weight excluding hydrogens is 392 g/mol. The summed E-state index contributed by atoms with van der Waals surface area (Å²) in [4.78, 5) is 25.0. The van der Waals surface area contributed by atoms with Crippen molar-refractivity contribution in [3.8, 4) is 17.5 Å². The Labute approximate surface area is 172 Å². The Morgan fingerprint density at radius 2 is 1.97 bits per heavy atom. The third kappa shape index (κ3) is 4.62. The number of hydrogen-bond donors (Lipinski definition) is 1. The lowest BCUT2D eigenvalue weighted by molar-refractivity contribution is -0.116. The topological polar surface area (TPSA) is 97.0 Å². The van der Waals surface area contributed by atoms with Crippen LogP contribution in [0.3, 0.4) is 0 Å². The highest BCUT2D eigenvalue weighted by Gasteiger charge is 2.18. The summed E-state index contributed by atoms with van der Waals surface area (Å²) >= 11 is 5.96. The molecule has 3 aromatic rings. The minimum Gasteiger partial charge on any atom is -0.496 e. The first-order chi connectivity index (χ1) is 14.0. The zero-order valence-corrected chi connectivity index (χ0v) is 16.3. The minimum atomic E-state index is -0.409. The predicted molar refractivity (Wildman–Crippen MR) is 108 cm³/mol. The molecule has 0 spiro atoms. The summed E-state index contributed by atoms with van der Waals surface area (Å²) in [5, 5.41) is 16.6. The molecule has 3 rings (SSSR count). The molecule has 0 radical (unpaired) electrons. The molecule has 1 N–H and O–H groups in total. The summed E-state index contributed by atoms with van der Waals surface area (Å²) in [5.41, 5.74) is 1.24. The SMILES string of the molecule is COc1ccc(Cl)cc1C(=O)CCC(=O)Nc1c(C#N)cnn1-c1ccccc1. The summed E-state index contributed by atoms with van der Waals surface area (Å²) < 4.78 is 6.65. The van der Waals surface area contributed by atoms with E-state index in [-0.39, 0.29) is 30.0 Å². The Hall–Kier alpha value is -3.63. The fourth-order valence-corrected chi connectivity index (χ4v) is 2.94. The summed E-state index contributed by atoms with van der Waals surface area (Å²) in [6.07, 6.45) is 1.27. The van der Waals surface area contributed by atoms with Crippen LogP contribution < -0.4 is 10.1 Å². The van der Waals surface area contributed by atoms with Gasteiger partial charge in [0.25, 0.3) is 0 Å². The maximum Gasteiger partial charge on any atom is 0.226 e. The van der Waals surface area contributed by atoms with Crippen molar-refractivity contribution in [3.05, 3.63) is 70.9 Å². The van der Waals surface area contributed by atoms with E-state index in [0.29, 0.717) is 22.0 Å². The zero-order chi connectivity index (χ0) is 20.8. The number of hydrogen-bond acceptors (Lipinski definition) is 5. The van der Waals surface area contributed by atoms with Gasteiger partial charge in [0, 0.05) is 17.9 Å². The van der Waals surface area contributed by atoms with Gasteiger partial charge >= 0.3 is 0 Å². The van der Waals surface area contributed by atoms with Gasteiger partial charge in [-0.25, -0.2) is 4.68 Å². The Balaban J connectivity index is 1.72. The summed E-state index contributed by atoms with van der Waals surface area (Å²) in [6.45, 7) is 0. The lowest BCUT2D eigenvalue weighted by Gasteiger charge is -2.10. The smallest absolute Gasteiger partial charge is 0.226 e. The molecule has 0 fully saturated rings. The third-order valence-corrected chi connectivity index (χ3v) is 4.42. The van der Waals surface area contributed by atoms with E-state index in [1.54, 1.807) is 24.3 Å². The van der Waals surface area contributed by atoms with Crippen molar-refractivity contribution in [1.82, 2.24) is 9.78 Å². The second-order valence-electron chi connectivity index (χ2n) is 6.08. The van der Waals surface area contributed by atoms with Crippen LogP contribution in [0.2, 0.25) is 5.02 Å². The molecule has 7 nitrogen and oxygen atoms in total. The molecule has 0 bridgehead atoms. The highest BCUT2D eigenvalue weighted by atomic mass is 35.5. The lowest BCUT2D eigenvalue weighted by atomic mass is 10.1. The summed E-state index contributed by atoms with van der Waals surface area (Å²) in [7, 11) is 1.46. The van der Waals surface area contributed by atoms with Crippen LogP contribution in [0.25, 0.3) is 5.69 Å². The normalized spacial score (nSPS) is 10.2. The van der Waals surface area contributed by atoms with Crippen molar-refractivity contribution in [2.45, 2.75) is 12.8 Å². The molecule has 1 heterocycles. The van der Waals surface area contributed by atoms with Gasteiger partial charge in [0.15, 0.2) is 11.6 Å². The molecule has 0 atom stereocenters. The number of Topliss-reactive ketones (excluding diaryl/α,β-unsaturated/α-hetero) is 1. The minimum absolute atomic E-state index is 0.0378. The Bertz CT molecular complexity index is 1090. The fourth-order valence-electron chi connectivity index (χ4n) is 2.77. The molecule has 1 amide bonds. The Morgan fingerprint density at radius 3 is 2.66 bits per heavy atom. The number of aromatic nitrogens is 2. The molecule has 146 valence electrons. The molecule has 0 saturated heterocycles. The van der Waals surface area contributed by atoms with Gasteiger partial charge in [-0.3, -0.25) is 9.59 Å². The standard InChI is InChI=1S/C21H17ClN4O3/c1-29-19-9-7-15(22)11-17(19)18(27)8-10-20(28)25-21-14(12-23)13-24-26(21)16-5-3-2-4-6-16/h2-7,9,11,13H,8,10H2,1H3,(H,25,28). The van der Waals surface area contributed by atoms with Crippen molar-refractivity contribution >= 4 is 29.1 Å². The number of rotatable bonds is 7. The number of benzene rings is 2. The van der Waals surface area contributed by atoms with Gasteiger partial charge in [-0.2, -0.15) is 10.4 Å². The zero-order valence-electron chi connectivity index (χ0n) is 15.6. The van der Waals surface area contributed by atoms with E-state index in [9.17, 15) is 14.9 Å². The van der Waals surface area contributed by atoms with Crippen LogP contribution in [0.1, 0.15) is 28.8 Å². The average molecular weight is 409 g/mol. The van der Waals surface area contributed by atoms with Crippen LogP contribution in [-0.2, 0) is 4.79 Å². The lowest BCUT2D eigenvalue weighted by Crippen LogP contribution is -2.17. The maximum absolute atomic E-state index is 12.5.